The van der Waals surface area contributed by atoms with Crippen LogP contribution in [0.3, 0.4) is 0 Å². The molecule has 94 valence electrons. The lowest BCUT2D eigenvalue weighted by Crippen LogP contribution is -1.93. The predicted octanol–water partition coefficient (Wildman–Crippen LogP) is 3.87. The van der Waals surface area contributed by atoms with Gasteiger partial charge in [0.1, 0.15) is 5.75 Å². The fourth-order valence-electron chi connectivity index (χ4n) is 2.29. The van der Waals surface area contributed by atoms with E-state index in [1.807, 2.05) is 13.0 Å². The third-order valence-electron chi connectivity index (χ3n) is 3.27. The van der Waals surface area contributed by atoms with Crippen LogP contribution in [0.1, 0.15) is 16.7 Å². The van der Waals surface area contributed by atoms with E-state index in [9.17, 15) is 0 Å². The molecule has 0 fully saturated rings. The number of benzene rings is 2. The summed E-state index contributed by atoms with van der Waals surface area (Å²) in [6.07, 6.45) is 0. The molecule has 0 aliphatic rings. The summed E-state index contributed by atoms with van der Waals surface area (Å²) < 4.78 is 5.39. The van der Waals surface area contributed by atoms with Crippen LogP contribution in [-0.4, -0.2) is 7.11 Å². The van der Waals surface area contributed by atoms with Crippen LogP contribution in [0, 0.1) is 20.8 Å². The molecule has 0 saturated carbocycles. The van der Waals surface area contributed by atoms with Gasteiger partial charge in [0, 0.05) is 5.69 Å². The van der Waals surface area contributed by atoms with E-state index >= 15 is 0 Å². The maximum absolute atomic E-state index is 5.85. The molecule has 2 aromatic rings. The summed E-state index contributed by atoms with van der Waals surface area (Å²) in [6, 6.07) is 10.4. The molecule has 0 aliphatic carbocycles. The average molecular weight is 241 g/mol. The number of nitrogens with two attached hydrogens (primary N) is 1. The van der Waals surface area contributed by atoms with E-state index in [0.717, 1.165) is 28.1 Å². The molecule has 0 aromatic heterocycles. The van der Waals surface area contributed by atoms with Crippen molar-refractivity contribution < 1.29 is 4.74 Å². The van der Waals surface area contributed by atoms with Crippen molar-refractivity contribution in [1.29, 1.82) is 0 Å². The Kier molecular flexibility index (Phi) is 3.28. The minimum absolute atomic E-state index is 0.834. The Morgan fingerprint density at radius 1 is 0.833 bits per heavy atom. The highest BCUT2D eigenvalue weighted by Gasteiger charge is 2.07. The van der Waals surface area contributed by atoms with E-state index < -0.39 is 0 Å². The van der Waals surface area contributed by atoms with Crippen molar-refractivity contribution in [2.75, 3.05) is 12.8 Å². The van der Waals surface area contributed by atoms with Gasteiger partial charge in [0.15, 0.2) is 0 Å². The van der Waals surface area contributed by atoms with Crippen LogP contribution in [0.2, 0.25) is 0 Å². The van der Waals surface area contributed by atoms with Gasteiger partial charge in [-0.25, -0.2) is 0 Å². The van der Waals surface area contributed by atoms with Crippen molar-refractivity contribution in [3.63, 3.8) is 0 Å². The first-order chi connectivity index (χ1) is 8.52. The maximum Gasteiger partial charge on any atom is 0.124 e. The number of ether oxygens (including phenoxy) is 1. The number of rotatable bonds is 2. The molecule has 2 N–H and O–H groups in total. The summed E-state index contributed by atoms with van der Waals surface area (Å²) in [5.74, 6) is 0.964. The van der Waals surface area contributed by atoms with Crippen molar-refractivity contribution >= 4 is 5.69 Å². The second-order valence-electron chi connectivity index (χ2n) is 4.71. The molecule has 2 aromatic carbocycles. The Morgan fingerprint density at radius 2 is 1.39 bits per heavy atom. The Bertz CT molecular complexity index is 565. The zero-order chi connectivity index (χ0) is 13.3. The van der Waals surface area contributed by atoms with E-state index in [4.69, 9.17) is 10.5 Å². The molecule has 0 amide bonds. The molecule has 2 nitrogen and oxygen atoms in total. The molecule has 0 atom stereocenters. The van der Waals surface area contributed by atoms with Gasteiger partial charge in [0.2, 0.25) is 0 Å². The normalized spacial score (nSPS) is 10.4. The second kappa shape index (κ2) is 4.73. The number of nitrogen functional groups attached to an aromatic ring is 1. The van der Waals surface area contributed by atoms with E-state index in [0.29, 0.717) is 0 Å². The summed E-state index contributed by atoms with van der Waals surface area (Å²) in [4.78, 5) is 0. The van der Waals surface area contributed by atoms with Gasteiger partial charge < -0.3 is 10.5 Å². The van der Waals surface area contributed by atoms with Crippen LogP contribution in [0.5, 0.6) is 5.75 Å². The summed E-state index contributed by atoms with van der Waals surface area (Å²) >= 11 is 0. The first kappa shape index (κ1) is 12.5. The molecule has 2 heteroatoms. The van der Waals surface area contributed by atoms with Gasteiger partial charge in [-0.2, -0.15) is 0 Å². The number of hydrogen-bond acceptors (Lipinski definition) is 2. The quantitative estimate of drug-likeness (QED) is 0.810. The number of anilines is 1. The monoisotopic (exact) mass is 241 g/mol. The van der Waals surface area contributed by atoms with E-state index in [1.165, 1.54) is 11.1 Å². The van der Waals surface area contributed by atoms with Crippen LogP contribution < -0.4 is 10.5 Å². The third kappa shape index (κ3) is 2.19. The molecule has 0 saturated heterocycles. The lowest BCUT2D eigenvalue weighted by molar-refractivity contribution is 0.408. The SMILES string of the molecule is COc1c(C)cc(-c2ccc(N)c(C)c2)cc1C. The smallest absolute Gasteiger partial charge is 0.124 e. The van der Waals surface area contributed by atoms with Crippen molar-refractivity contribution in [3.05, 3.63) is 47.0 Å². The Balaban J connectivity index is 2.54. The third-order valence-corrected chi connectivity index (χ3v) is 3.27. The largest absolute Gasteiger partial charge is 0.496 e. The summed E-state index contributed by atoms with van der Waals surface area (Å²) in [7, 11) is 1.71. The van der Waals surface area contributed by atoms with Gasteiger partial charge in [-0.3, -0.25) is 0 Å². The predicted molar refractivity (Wildman–Crippen MR) is 77.1 cm³/mol. The molecule has 2 rings (SSSR count). The number of hydrogen-bond donors (Lipinski definition) is 1. The van der Waals surface area contributed by atoms with Gasteiger partial charge >= 0.3 is 0 Å². The van der Waals surface area contributed by atoms with Crippen molar-refractivity contribution in [3.8, 4) is 16.9 Å². The van der Waals surface area contributed by atoms with E-state index in [-0.39, 0.29) is 0 Å². The number of methoxy groups -OCH3 is 1. The van der Waals surface area contributed by atoms with Crippen molar-refractivity contribution in [2.45, 2.75) is 20.8 Å². The molecule has 0 spiro atoms. The lowest BCUT2D eigenvalue weighted by Gasteiger charge is -2.12. The molecule has 18 heavy (non-hydrogen) atoms. The highest BCUT2D eigenvalue weighted by atomic mass is 16.5. The van der Waals surface area contributed by atoms with Gasteiger partial charge in [-0.1, -0.05) is 6.07 Å². The highest BCUT2D eigenvalue weighted by Crippen LogP contribution is 2.31. The van der Waals surface area contributed by atoms with E-state index in [2.05, 4.69) is 38.1 Å². The van der Waals surface area contributed by atoms with E-state index in [1.54, 1.807) is 7.11 Å². The summed E-state index contributed by atoms with van der Waals surface area (Å²) in [5.41, 5.74) is 12.5. The molecule has 0 unspecified atom stereocenters. The fraction of sp³-hybridized carbons (Fsp3) is 0.250. The zero-order valence-electron chi connectivity index (χ0n) is 11.4. The Labute approximate surface area is 108 Å². The van der Waals surface area contributed by atoms with Gasteiger partial charge in [-0.05, 0) is 72.9 Å². The minimum Gasteiger partial charge on any atom is -0.496 e. The highest BCUT2D eigenvalue weighted by molar-refractivity contribution is 5.70. The van der Waals surface area contributed by atoms with Crippen LogP contribution >= 0.6 is 0 Å². The van der Waals surface area contributed by atoms with Crippen molar-refractivity contribution in [2.24, 2.45) is 0 Å². The van der Waals surface area contributed by atoms with Crippen LogP contribution in [0.25, 0.3) is 11.1 Å². The number of aryl methyl sites for hydroxylation is 3. The molecular formula is C16H19NO. The molecule has 0 bridgehead atoms. The molecule has 0 radical (unpaired) electrons. The van der Waals surface area contributed by atoms with Crippen molar-refractivity contribution in [1.82, 2.24) is 0 Å². The summed E-state index contributed by atoms with van der Waals surface area (Å²) in [5, 5.41) is 0. The van der Waals surface area contributed by atoms with Gasteiger partial charge in [0.05, 0.1) is 7.11 Å². The lowest BCUT2D eigenvalue weighted by atomic mass is 9.98. The summed E-state index contributed by atoms with van der Waals surface area (Å²) in [6.45, 7) is 6.17. The second-order valence-corrected chi connectivity index (χ2v) is 4.71. The Morgan fingerprint density at radius 3 is 1.89 bits per heavy atom. The first-order valence-corrected chi connectivity index (χ1v) is 6.04. The van der Waals surface area contributed by atoms with Crippen LogP contribution in [-0.2, 0) is 0 Å². The molecular weight excluding hydrogens is 222 g/mol. The fourth-order valence-corrected chi connectivity index (χ4v) is 2.29. The maximum atomic E-state index is 5.85. The van der Waals surface area contributed by atoms with Gasteiger partial charge in [-0.15, -0.1) is 0 Å². The van der Waals surface area contributed by atoms with Crippen LogP contribution in [0.4, 0.5) is 5.69 Å². The standard InChI is InChI=1S/C16H19NO/c1-10-7-13(5-6-15(10)17)14-8-11(2)16(18-4)12(3)9-14/h5-9H,17H2,1-4H3. The first-order valence-electron chi connectivity index (χ1n) is 6.04. The van der Waals surface area contributed by atoms with Gasteiger partial charge in [0.25, 0.3) is 0 Å². The minimum atomic E-state index is 0.834. The molecule has 0 heterocycles. The van der Waals surface area contributed by atoms with Crippen LogP contribution in [0.15, 0.2) is 30.3 Å². The average Bonchev–Trinajstić information content (AvgIpc) is 2.32. The molecule has 0 aliphatic heterocycles. The Hall–Kier alpha value is -1.96. The topological polar surface area (TPSA) is 35.2 Å². The zero-order valence-corrected chi connectivity index (χ0v) is 11.4.